The molecule has 1 aliphatic rings. The Bertz CT molecular complexity index is 412. The minimum absolute atomic E-state index is 0.582. The van der Waals surface area contributed by atoms with Crippen LogP contribution < -0.4 is 0 Å². The van der Waals surface area contributed by atoms with Gasteiger partial charge < -0.3 is 5.11 Å². The summed E-state index contributed by atoms with van der Waals surface area (Å²) in [5.74, 6) is 1.53. The zero-order valence-corrected chi connectivity index (χ0v) is 12.2. The summed E-state index contributed by atoms with van der Waals surface area (Å²) in [5, 5.41) is 10.9. The van der Waals surface area contributed by atoms with Crippen molar-refractivity contribution in [2.45, 2.75) is 59.0 Å². The van der Waals surface area contributed by atoms with Crippen molar-refractivity contribution in [3.05, 3.63) is 34.9 Å². The first-order valence-electron chi connectivity index (χ1n) is 7.22. The molecule has 0 bridgehead atoms. The molecular weight excluding hydrogens is 220 g/mol. The van der Waals surface area contributed by atoms with Crippen LogP contribution in [0.15, 0.2) is 18.2 Å². The summed E-state index contributed by atoms with van der Waals surface area (Å²) >= 11 is 0. The van der Waals surface area contributed by atoms with Crippen LogP contribution in [0, 0.1) is 25.7 Å². The van der Waals surface area contributed by atoms with Gasteiger partial charge in [0.05, 0.1) is 5.60 Å². The van der Waals surface area contributed by atoms with E-state index in [0.717, 1.165) is 43.1 Å². The third-order valence-electron chi connectivity index (χ3n) is 4.69. The number of aryl methyl sites for hydroxylation is 2. The van der Waals surface area contributed by atoms with E-state index in [9.17, 15) is 5.11 Å². The van der Waals surface area contributed by atoms with Crippen LogP contribution in [0.2, 0.25) is 0 Å². The summed E-state index contributed by atoms with van der Waals surface area (Å²) in [5.41, 5.74) is 3.05. The van der Waals surface area contributed by atoms with Gasteiger partial charge in [-0.3, -0.25) is 0 Å². The van der Waals surface area contributed by atoms with Crippen molar-refractivity contribution in [2.24, 2.45) is 11.8 Å². The standard InChI is InChI=1S/C17H26O/c1-12(2)15-7-9-17(18,10-8-15)16-11-13(3)5-6-14(16)4/h5-6,11-12,15,18H,7-10H2,1-4H3. The van der Waals surface area contributed by atoms with Gasteiger partial charge in [0.25, 0.3) is 0 Å². The van der Waals surface area contributed by atoms with Crippen LogP contribution in [0.5, 0.6) is 0 Å². The molecule has 0 aromatic heterocycles. The van der Waals surface area contributed by atoms with E-state index in [1.807, 2.05) is 0 Å². The smallest absolute Gasteiger partial charge is 0.0899 e. The second-order valence-electron chi connectivity index (χ2n) is 6.43. The van der Waals surface area contributed by atoms with Crippen LogP contribution in [0.1, 0.15) is 56.2 Å². The largest absolute Gasteiger partial charge is 0.385 e. The van der Waals surface area contributed by atoms with Crippen LogP contribution in [0.4, 0.5) is 0 Å². The lowest BCUT2D eigenvalue weighted by molar-refractivity contribution is -0.0205. The first kappa shape index (κ1) is 13.6. The van der Waals surface area contributed by atoms with E-state index >= 15 is 0 Å². The first-order valence-corrected chi connectivity index (χ1v) is 7.22. The summed E-state index contributed by atoms with van der Waals surface area (Å²) in [6, 6.07) is 6.43. The molecule has 0 radical (unpaired) electrons. The third kappa shape index (κ3) is 2.61. The van der Waals surface area contributed by atoms with E-state index < -0.39 is 5.60 Å². The van der Waals surface area contributed by atoms with Crippen molar-refractivity contribution in [1.29, 1.82) is 0 Å². The van der Waals surface area contributed by atoms with Crippen molar-refractivity contribution < 1.29 is 5.11 Å². The Hall–Kier alpha value is -0.820. The number of benzene rings is 1. The van der Waals surface area contributed by atoms with Crippen molar-refractivity contribution in [1.82, 2.24) is 0 Å². The summed E-state index contributed by atoms with van der Waals surface area (Å²) in [6.07, 6.45) is 4.14. The normalized spacial score (nSPS) is 28.7. The van der Waals surface area contributed by atoms with Crippen LogP contribution in [-0.4, -0.2) is 5.11 Å². The highest BCUT2D eigenvalue weighted by atomic mass is 16.3. The molecule has 0 aliphatic heterocycles. The average Bonchev–Trinajstić information content (AvgIpc) is 2.32. The molecule has 18 heavy (non-hydrogen) atoms. The van der Waals surface area contributed by atoms with Gasteiger partial charge in [0, 0.05) is 0 Å². The quantitative estimate of drug-likeness (QED) is 0.823. The molecule has 1 aromatic rings. The Morgan fingerprint density at radius 2 is 1.78 bits per heavy atom. The topological polar surface area (TPSA) is 20.2 Å². The lowest BCUT2D eigenvalue weighted by atomic mass is 9.71. The molecule has 1 aliphatic carbocycles. The average molecular weight is 246 g/mol. The maximum absolute atomic E-state index is 10.9. The van der Waals surface area contributed by atoms with Crippen molar-refractivity contribution in [2.75, 3.05) is 0 Å². The predicted octanol–water partition coefficient (Wildman–Crippen LogP) is 4.34. The van der Waals surface area contributed by atoms with E-state index in [0.29, 0.717) is 0 Å². The zero-order chi connectivity index (χ0) is 13.3. The van der Waals surface area contributed by atoms with Crippen LogP contribution in [0.25, 0.3) is 0 Å². The zero-order valence-electron chi connectivity index (χ0n) is 12.2. The highest BCUT2D eigenvalue weighted by Crippen LogP contribution is 2.42. The molecule has 1 N–H and O–H groups in total. The second-order valence-corrected chi connectivity index (χ2v) is 6.43. The number of rotatable bonds is 2. The highest BCUT2D eigenvalue weighted by molar-refractivity contribution is 5.35. The molecule has 1 heteroatoms. The Balaban J connectivity index is 2.20. The van der Waals surface area contributed by atoms with Crippen LogP contribution >= 0.6 is 0 Å². The molecule has 1 fully saturated rings. The Morgan fingerprint density at radius 1 is 1.17 bits per heavy atom. The molecular formula is C17H26O. The lowest BCUT2D eigenvalue weighted by Crippen LogP contribution is -2.33. The monoisotopic (exact) mass is 246 g/mol. The van der Waals surface area contributed by atoms with Gasteiger partial charge >= 0.3 is 0 Å². The Morgan fingerprint density at radius 3 is 2.33 bits per heavy atom. The van der Waals surface area contributed by atoms with Gasteiger partial charge in [0.1, 0.15) is 0 Å². The first-order chi connectivity index (χ1) is 8.42. The molecule has 0 amide bonds. The second kappa shape index (κ2) is 5.05. The van der Waals surface area contributed by atoms with Crippen molar-refractivity contribution in [3.63, 3.8) is 0 Å². The van der Waals surface area contributed by atoms with Gasteiger partial charge in [-0.15, -0.1) is 0 Å². The van der Waals surface area contributed by atoms with Crippen LogP contribution in [-0.2, 0) is 5.60 Å². The number of aliphatic hydroxyl groups is 1. The summed E-state index contributed by atoms with van der Waals surface area (Å²) < 4.78 is 0. The molecule has 0 spiro atoms. The van der Waals surface area contributed by atoms with Gasteiger partial charge in [0.2, 0.25) is 0 Å². The maximum Gasteiger partial charge on any atom is 0.0899 e. The van der Waals surface area contributed by atoms with E-state index in [4.69, 9.17) is 0 Å². The molecule has 1 aromatic carbocycles. The SMILES string of the molecule is Cc1ccc(C)c(C2(O)CCC(C(C)C)CC2)c1. The fourth-order valence-electron chi connectivity index (χ4n) is 3.29. The highest BCUT2D eigenvalue weighted by Gasteiger charge is 2.36. The molecule has 0 unspecified atom stereocenters. The Labute approximate surface area is 111 Å². The molecule has 0 heterocycles. The van der Waals surface area contributed by atoms with Gasteiger partial charge in [-0.25, -0.2) is 0 Å². The minimum Gasteiger partial charge on any atom is -0.385 e. The van der Waals surface area contributed by atoms with E-state index in [-0.39, 0.29) is 0 Å². The maximum atomic E-state index is 10.9. The van der Waals surface area contributed by atoms with E-state index in [1.54, 1.807) is 0 Å². The Kier molecular flexibility index (Phi) is 3.82. The van der Waals surface area contributed by atoms with Gasteiger partial charge in [-0.05, 0) is 62.5 Å². The summed E-state index contributed by atoms with van der Waals surface area (Å²) in [4.78, 5) is 0. The van der Waals surface area contributed by atoms with Gasteiger partial charge in [-0.2, -0.15) is 0 Å². The fourth-order valence-corrected chi connectivity index (χ4v) is 3.29. The van der Waals surface area contributed by atoms with Gasteiger partial charge in [0.15, 0.2) is 0 Å². The lowest BCUT2D eigenvalue weighted by Gasteiger charge is -2.38. The molecule has 1 nitrogen and oxygen atoms in total. The molecule has 1 saturated carbocycles. The number of hydrogen-bond donors (Lipinski definition) is 1. The van der Waals surface area contributed by atoms with E-state index in [2.05, 4.69) is 45.9 Å². The van der Waals surface area contributed by atoms with Crippen molar-refractivity contribution in [3.8, 4) is 0 Å². The predicted molar refractivity (Wildman–Crippen MR) is 76.6 cm³/mol. The number of hydrogen-bond acceptors (Lipinski definition) is 1. The fraction of sp³-hybridized carbons (Fsp3) is 0.647. The van der Waals surface area contributed by atoms with Crippen LogP contribution in [0.3, 0.4) is 0 Å². The molecule has 0 saturated heterocycles. The minimum atomic E-state index is -0.582. The molecule has 100 valence electrons. The third-order valence-corrected chi connectivity index (χ3v) is 4.69. The van der Waals surface area contributed by atoms with Crippen molar-refractivity contribution >= 4 is 0 Å². The van der Waals surface area contributed by atoms with Gasteiger partial charge in [-0.1, -0.05) is 37.6 Å². The molecule has 0 atom stereocenters. The molecule has 2 rings (SSSR count). The summed E-state index contributed by atoms with van der Waals surface area (Å²) in [6.45, 7) is 8.81. The van der Waals surface area contributed by atoms with E-state index in [1.165, 1.54) is 11.1 Å². The summed E-state index contributed by atoms with van der Waals surface area (Å²) in [7, 11) is 0.